The van der Waals surface area contributed by atoms with E-state index in [1.165, 1.54) is 52.1 Å². The molecule has 2 aliphatic rings. The van der Waals surface area contributed by atoms with E-state index in [0.29, 0.717) is 16.9 Å². The fraction of sp³-hybridized carbons (Fsp3) is 0.300. The first kappa shape index (κ1) is 28.8. The van der Waals surface area contributed by atoms with Crippen LogP contribution in [0.4, 0.5) is 15.8 Å². The summed E-state index contributed by atoms with van der Waals surface area (Å²) in [6, 6.07) is 4.29. The predicted molar refractivity (Wildman–Crippen MR) is 165 cm³/mol. The SMILES string of the molecule is C=CC(=O)N1C[C@@H](C)N2c3c(c(=O)n(-c4ncsc4C(C)C)c4nc(-c5c(O)cccc5F)c(Cl)cc34)N(C)C(=O)[C@H]2C1. The Bertz CT molecular complexity index is 1890. The third kappa shape index (κ3) is 4.30. The van der Waals surface area contributed by atoms with Gasteiger partial charge in [0.05, 0.1) is 38.9 Å². The number of carbonyl (C=O) groups is 2. The van der Waals surface area contributed by atoms with Crippen molar-refractivity contribution in [2.75, 3.05) is 29.9 Å². The highest BCUT2D eigenvalue weighted by atomic mass is 35.5. The van der Waals surface area contributed by atoms with E-state index in [1.54, 1.807) is 16.5 Å². The monoisotopic (exact) mass is 622 g/mol. The van der Waals surface area contributed by atoms with Gasteiger partial charge in [-0.15, -0.1) is 11.3 Å². The smallest absolute Gasteiger partial charge is 0.284 e. The number of phenols is 1. The fourth-order valence-corrected chi connectivity index (χ4v) is 7.08. The number of aromatic nitrogens is 3. The summed E-state index contributed by atoms with van der Waals surface area (Å²) in [5.74, 6) is -1.40. The highest BCUT2D eigenvalue weighted by Gasteiger charge is 2.46. The highest BCUT2D eigenvalue weighted by molar-refractivity contribution is 7.10. The first-order valence-corrected chi connectivity index (χ1v) is 14.9. The van der Waals surface area contributed by atoms with E-state index in [4.69, 9.17) is 16.6 Å². The topological polar surface area (TPSA) is 112 Å². The molecule has 0 spiro atoms. The van der Waals surface area contributed by atoms with Crippen LogP contribution in [0.25, 0.3) is 28.1 Å². The van der Waals surface area contributed by atoms with Gasteiger partial charge in [0.25, 0.3) is 11.5 Å². The highest BCUT2D eigenvalue weighted by Crippen LogP contribution is 2.45. The van der Waals surface area contributed by atoms with Gasteiger partial charge in [-0.3, -0.25) is 14.4 Å². The van der Waals surface area contributed by atoms with Crippen LogP contribution >= 0.6 is 22.9 Å². The molecular weight excluding hydrogens is 595 g/mol. The van der Waals surface area contributed by atoms with Crippen LogP contribution in [0.1, 0.15) is 31.6 Å². The number of fused-ring (bicyclic) bond motifs is 5. The number of halogens is 2. The maximum atomic E-state index is 15.1. The van der Waals surface area contributed by atoms with Gasteiger partial charge in [-0.05, 0) is 37.1 Å². The Labute approximate surface area is 255 Å². The third-order valence-electron chi connectivity index (χ3n) is 7.98. The van der Waals surface area contributed by atoms with Crippen molar-refractivity contribution in [1.29, 1.82) is 0 Å². The molecule has 1 N–H and O–H groups in total. The summed E-state index contributed by atoms with van der Waals surface area (Å²) in [7, 11) is 1.53. The Kier molecular flexibility index (Phi) is 7.01. The molecule has 10 nitrogen and oxygen atoms in total. The second kappa shape index (κ2) is 10.5. The molecule has 222 valence electrons. The van der Waals surface area contributed by atoms with Gasteiger partial charge in [0.1, 0.15) is 23.3 Å². The number of phenolic OH excluding ortho intramolecular Hbond substituents is 1. The Morgan fingerprint density at radius 2 is 2.00 bits per heavy atom. The molecule has 0 saturated carbocycles. The lowest BCUT2D eigenvalue weighted by Crippen LogP contribution is -2.66. The molecule has 0 unspecified atom stereocenters. The molecule has 2 atom stereocenters. The molecule has 1 saturated heterocycles. The van der Waals surface area contributed by atoms with Crippen LogP contribution in [0.2, 0.25) is 5.02 Å². The van der Waals surface area contributed by atoms with Crippen LogP contribution in [0.15, 0.2) is 47.2 Å². The number of likely N-dealkylation sites (N-methyl/N-ethyl adjacent to an activating group) is 1. The molecule has 13 heteroatoms. The Balaban J connectivity index is 1.73. The summed E-state index contributed by atoms with van der Waals surface area (Å²) in [6.07, 6.45) is 1.21. The van der Waals surface area contributed by atoms with Crippen LogP contribution in [0.3, 0.4) is 0 Å². The van der Waals surface area contributed by atoms with Gasteiger partial charge in [0.15, 0.2) is 11.5 Å². The number of amides is 2. The van der Waals surface area contributed by atoms with Gasteiger partial charge >= 0.3 is 0 Å². The van der Waals surface area contributed by atoms with E-state index in [1.807, 2.05) is 25.7 Å². The number of carbonyl (C=O) groups excluding carboxylic acids is 2. The van der Waals surface area contributed by atoms with E-state index < -0.39 is 17.4 Å². The van der Waals surface area contributed by atoms with E-state index in [2.05, 4.69) is 11.6 Å². The number of pyridine rings is 2. The van der Waals surface area contributed by atoms with Gasteiger partial charge in [-0.2, -0.15) is 0 Å². The van der Waals surface area contributed by atoms with Crippen molar-refractivity contribution in [3.63, 3.8) is 0 Å². The maximum Gasteiger partial charge on any atom is 0.284 e. The number of piperazine rings is 1. The van der Waals surface area contributed by atoms with Crippen molar-refractivity contribution in [3.8, 4) is 22.8 Å². The van der Waals surface area contributed by atoms with Crippen molar-refractivity contribution >= 4 is 57.2 Å². The van der Waals surface area contributed by atoms with E-state index in [0.717, 1.165) is 4.88 Å². The molecule has 1 fully saturated rings. The van der Waals surface area contributed by atoms with Crippen LogP contribution in [0.5, 0.6) is 5.75 Å². The van der Waals surface area contributed by atoms with Crippen molar-refractivity contribution in [2.24, 2.45) is 0 Å². The molecule has 43 heavy (non-hydrogen) atoms. The first-order chi connectivity index (χ1) is 20.5. The molecule has 4 aromatic rings. The zero-order valence-electron chi connectivity index (χ0n) is 23.8. The fourth-order valence-electron chi connectivity index (χ4n) is 6.05. The van der Waals surface area contributed by atoms with Gasteiger partial charge in [0, 0.05) is 25.0 Å². The zero-order valence-corrected chi connectivity index (χ0v) is 25.4. The molecule has 5 heterocycles. The number of rotatable bonds is 4. The summed E-state index contributed by atoms with van der Waals surface area (Å²) in [5, 5.41) is 11.1. The van der Waals surface area contributed by atoms with Crippen LogP contribution in [0, 0.1) is 5.82 Å². The van der Waals surface area contributed by atoms with Crippen molar-refractivity contribution in [1.82, 2.24) is 19.4 Å². The predicted octanol–water partition coefficient (Wildman–Crippen LogP) is 4.70. The largest absolute Gasteiger partial charge is 0.507 e. The molecule has 0 radical (unpaired) electrons. The van der Waals surface area contributed by atoms with Crippen LogP contribution in [-0.4, -0.2) is 68.6 Å². The Morgan fingerprint density at radius 1 is 1.26 bits per heavy atom. The minimum Gasteiger partial charge on any atom is -0.507 e. The molecule has 6 rings (SSSR count). The molecule has 2 amide bonds. The number of thiazole rings is 1. The van der Waals surface area contributed by atoms with Crippen LogP contribution < -0.4 is 15.4 Å². The van der Waals surface area contributed by atoms with Gasteiger partial charge in [-0.25, -0.2) is 18.9 Å². The minimum absolute atomic E-state index is 0.00195. The standard InChI is InChI=1S/C30H28ClFN6O4S/c1-6-21(40)36-11-15(4)37-19(12-36)29(41)35(5)25-24(37)16-10-17(31)23(22-18(32)8-7-9-20(22)39)34-27(16)38(30(25)42)28-26(14(2)3)43-13-33-28/h6-10,13-15,19,39H,1,11-12H2,2-5H3/t15-,19-/m1/s1. The quantitative estimate of drug-likeness (QED) is 0.329. The van der Waals surface area contributed by atoms with Gasteiger partial charge < -0.3 is 19.8 Å². The Hall–Kier alpha value is -4.29. The van der Waals surface area contributed by atoms with E-state index in [-0.39, 0.29) is 70.2 Å². The second-order valence-electron chi connectivity index (χ2n) is 11.0. The minimum atomic E-state index is -0.789. The summed E-state index contributed by atoms with van der Waals surface area (Å²) in [5.41, 5.74) is 1.52. The maximum absolute atomic E-state index is 15.1. The summed E-state index contributed by atoms with van der Waals surface area (Å²) in [6.45, 7) is 9.77. The molecular formula is C30H28ClFN6O4S. The average molecular weight is 623 g/mol. The molecule has 0 bridgehead atoms. The van der Waals surface area contributed by atoms with E-state index >= 15 is 4.39 Å². The number of aromatic hydroxyl groups is 1. The third-order valence-corrected chi connectivity index (χ3v) is 9.38. The lowest BCUT2D eigenvalue weighted by molar-refractivity contribution is -0.129. The lowest BCUT2D eigenvalue weighted by Gasteiger charge is -2.50. The Morgan fingerprint density at radius 3 is 2.67 bits per heavy atom. The molecule has 3 aromatic heterocycles. The summed E-state index contributed by atoms with van der Waals surface area (Å²) < 4.78 is 16.4. The lowest BCUT2D eigenvalue weighted by atomic mass is 9.97. The van der Waals surface area contributed by atoms with Crippen molar-refractivity contribution in [3.05, 3.63) is 68.5 Å². The summed E-state index contributed by atoms with van der Waals surface area (Å²) >= 11 is 8.16. The number of benzene rings is 1. The van der Waals surface area contributed by atoms with E-state index in [9.17, 15) is 19.5 Å². The second-order valence-corrected chi connectivity index (χ2v) is 12.3. The number of hydrogen-bond acceptors (Lipinski definition) is 8. The van der Waals surface area contributed by atoms with Gasteiger partial charge in [0.2, 0.25) is 5.91 Å². The molecule has 2 aliphatic heterocycles. The van der Waals surface area contributed by atoms with Crippen molar-refractivity contribution < 1.29 is 19.1 Å². The first-order valence-electron chi connectivity index (χ1n) is 13.6. The normalized spacial score (nSPS) is 18.3. The number of anilines is 2. The van der Waals surface area contributed by atoms with Crippen LogP contribution in [-0.2, 0) is 9.59 Å². The van der Waals surface area contributed by atoms with Crippen molar-refractivity contribution in [2.45, 2.75) is 38.8 Å². The number of hydrogen-bond donors (Lipinski definition) is 1. The average Bonchev–Trinajstić information content (AvgIpc) is 3.45. The summed E-state index contributed by atoms with van der Waals surface area (Å²) in [4.78, 5) is 55.7. The zero-order chi connectivity index (χ0) is 30.9. The number of nitrogens with zero attached hydrogens (tertiary/aromatic N) is 6. The molecule has 1 aromatic carbocycles. The van der Waals surface area contributed by atoms with Gasteiger partial charge in [-0.1, -0.05) is 38.1 Å². The molecule has 0 aliphatic carbocycles.